The number of likely N-dealkylation sites (tertiary alicyclic amines) is 1. The van der Waals surface area contributed by atoms with E-state index in [4.69, 9.17) is 0 Å². The van der Waals surface area contributed by atoms with E-state index >= 15 is 0 Å². The average molecular weight is 259 g/mol. The first-order valence-corrected chi connectivity index (χ1v) is 7.30. The fourth-order valence-electron chi connectivity index (χ4n) is 3.06. The van der Waals surface area contributed by atoms with Gasteiger partial charge in [0, 0.05) is 6.54 Å². The van der Waals surface area contributed by atoms with Crippen molar-refractivity contribution in [1.82, 2.24) is 4.90 Å². The quantitative estimate of drug-likeness (QED) is 0.903. The summed E-state index contributed by atoms with van der Waals surface area (Å²) in [6.07, 6.45) is 5.56. The molecule has 102 valence electrons. The number of carboxylic acid groups (broad SMARTS) is 1. The van der Waals surface area contributed by atoms with Crippen LogP contribution in [0, 0.1) is 0 Å². The van der Waals surface area contributed by atoms with Gasteiger partial charge >= 0.3 is 5.97 Å². The molecule has 1 unspecified atom stereocenters. The minimum atomic E-state index is -0.668. The number of piperidine rings is 1. The van der Waals surface area contributed by atoms with E-state index < -0.39 is 5.97 Å². The van der Waals surface area contributed by atoms with Gasteiger partial charge in [0.2, 0.25) is 0 Å². The van der Waals surface area contributed by atoms with Crippen LogP contribution in [0.15, 0.2) is 24.3 Å². The second-order valence-corrected chi connectivity index (χ2v) is 5.84. The van der Waals surface area contributed by atoms with Crippen LogP contribution in [-0.2, 0) is 11.3 Å². The zero-order valence-corrected chi connectivity index (χ0v) is 11.2. The van der Waals surface area contributed by atoms with Gasteiger partial charge in [-0.3, -0.25) is 9.69 Å². The van der Waals surface area contributed by atoms with Gasteiger partial charge in [-0.1, -0.05) is 30.7 Å². The highest BCUT2D eigenvalue weighted by Gasteiger charge is 2.28. The summed E-state index contributed by atoms with van der Waals surface area (Å²) in [5.74, 6) is 0.0922. The molecule has 3 nitrogen and oxygen atoms in total. The van der Waals surface area contributed by atoms with Crippen molar-refractivity contribution < 1.29 is 9.90 Å². The number of rotatable bonds is 4. The summed E-state index contributed by atoms with van der Waals surface area (Å²) in [5.41, 5.74) is 2.69. The van der Waals surface area contributed by atoms with Gasteiger partial charge < -0.3 is 5.11 Å². The highest BCUT2D eigenvalue weighted by Crippen LogP contribution is 2.40. The summed E-state index contributed by atoms with van der Waals surface area (Å²) >= 11 is 0. The Bertz CT molecular complexity index is 468. The van der Waals surface area contributed by atoms with E-state index in [9.17, 15) is 9.90 Å². The van der Waals surface area contributed by atoms with Crippen molar-refractivity contribution in [2.45, 2.75) is 50.6 Å². The summed E-state index contributed by atoms with van der Waals surface area (Å²) in [4.78, 5) is 13.4. The van der Waals surface area contributed by atoms with Crippen molar-refractivity contribution >= 4 is 5.97 Å². The second-order valence-electron chi connectivity index (χ2n) is 5.84. The summed E-state index contributed by atoms with van der Waals surface area (Å²) in [6, 6.07) is 8.41. The number of aliphatic carboxylic acids is 1. The topological polar surface area (TPSA) is 40.5 Å². The minimum absolute atomic E-state index is 0.293. The molecular weight excluding hydrogens is 238 g/mol. The van der Waals surface area contributed by atoms with Crippen molar-refractivity contribution in [3.63, 3.8) is 0 Å². The summed E-state index contributed by atoms with van der Waals surface area (Å²) in [7, 11) is 0. The number of carboxylic acids is 1. The van der Waals surface area contributed by atoms with Gasteiger partial charge in [-0.05, 0) is 49.3 Å². The lowest BCUT2D eigenvalue weighted by Crippen LogP contribution is -2.43. The lowest BCUT2D eigenvalue weighted by molar-refractivity contribution is -0.144. The lowest BCUT2D eigenvalue weighted by Gasteiger charge is -2.32. The van der Waals surface area contributed by atoms with Crippen LogP contribution in [0.5, 0.6) is 0 Å². The molecule has 2 aliphatic rings. The number of carbonyl (C=O) groups is 1. The summed E-state index contributed by atoms with van der Waals surface area (Å²) in [5, 5.41) is 9.30. The molecule has 0 aromatic heterocycles. The van der Waals surface area contributed by atoms with Gasteiger partial charge in [0.05, 0.1) is 0 Å². The van der Waals surface area contributed by atoms with Crippen LogP contribution in [0.25, 0.3) is 0 Å². The highest BCUT2D eigenvalue weighted by molar-refractivity contribution is 5.73. The fraction of sp³-hybridized carbons (Fsp3) is 0.562. The first-order chi connectivity index (χ1) is 9.24. The van der Waals surface area contributed by atoms with Crippen LogP contribution in [0.3, 0.4) is 0 Å². The molecule has 1 aliphatic heterocycles. The number of hydrogen-bond acceptors (Lipinski definition) is 2. The number of benzene rings is 1. The molecule has 0 spiro atoms. The molecule has 1 saturated carbocycles. The second kappa shape index (κ2) is 5.33. The van der Waals surface area contributed by atoms with Gasteiger partial charge in [-0.25, -0.2) is 0 Å². The van der Waals surface area contributed by atoms with E-state index in [-0.39, 0.29) is 6.04 Å². The average Bonchev–Trinajstić information content (AvgIpc) is 3.24. The molecule has 3 heteroatoms. The minimum Gasteiger partial charge on any atom is -0.480 e. The van der Waals surface area contributed by atoms with Gasteiger partial charge in [0.15, 0.2) is 0 Å². The highest BCUT2D eigenvalue weighted by atomic mass is 16.4. The standard InChI is InChI=1S/C16H21NO2/c18-16(19)15-6-1-2-9-17(15)11-12-4-3-5-14(10-12)13-7-8-13/h3-5,10,13,15H,1-2,6-9,11H2,(H,18,19). The molecule has 1 heterocycles. The van der Waals surface area contributed by atoms with Crippen LogP contribution < -0.4 is 0 Å². The zero-order valence-electron chi connectivity index (χ0n) is 11.2. The SMILES string of the molecule is O=C(O)C1CCCCN1Cc1cccc(C2CC2)c1. The normalized spacial score (nSPS) is 24.3. The first kappa shape index (κ1) is 12.7. The Morgan fingerprint density at radius 1 is 1.26 bits per heavy atom. The molecule has 19 heavy (non-hydrogen) atoms. The largest absolute Gasteiger partial charge is 0.480 e. The fourth-order valence-corrected chi connectivity index (χ4v) is 3.06. The Balaban J connectivity index is 1.71. The molecule has 1 aromatic rings. The molecule has 1 saturated heterocycles. The Morgan fingerprint density at radius 2 is 2.11 bits per heavy atom. The van der Waals surface area contributed by atoms with Gasteiger partial charge in [-0.2, -0.15) is 0 Å². The molecule has 3 rings (SSSR count). The van der Waals surface area contributed by atoms with E-state index in [1.165, 1.54) is 24.0 Å². The predicted octanol–water partition coefficient (Wildman–Crippen LogP) is 3.00. The van der Waals surface area contributed by atoms with Crippen molar-refractivity contribution in [2.75, 3.05) is 6.54 Å². The Labute approximate surface area is 114 Å². The van der Waals surface area contributed by atoms with Gasteiger partial charge in [-0.15, -0.1) is 0 Å². The molecule has 1 N–H and O–H groups in total. The Morgan fingerprint density at radius 3 is 2.84 bits per heavy atom. The summed E-state index contributed by atoms with van der Waals surface area (Å²) < 4.78 is 0. The zero-order chi connectivity index (χ0) is 13.2. The third-order valence-electron chi connectivity index (χ3n) is 4.28. The van der Waals surface area contributed by atoms with E-state index in [1.54, 1.807) is 0 Å². The molecule has 1 aromatic carbocycles. The Kier molecular flexibility index (Phi) is 3.56. The maximum atomic E-state index is 11.3. The third kappa shape index (κ3) is 2.98. The van der Waals surface area contributed by atoms with Crippen LogP contribution in [0.1, 0.15) is 49.1 Å². The number of hydrogen-bond donors (Lipinski definition) is 1. The van der Waals surface area contributed by atoms with Crippen molar-refractivity contribution in [3.8, 4) is 0 Å². The lowest BCUT2D eigenvalue weighted by atomic mass is 10.0. The molecular formula is C16H21NO2. The predicted molar refractivity (Wildman–Crippen MR) is 74.1 cm³/mol. The van der Waals surface area contributed by atoms with E-state index in [0.29, 0.717) is 0 Å². The Hall–Kier alpha value is -1.35. The van der Waals surface area contributed by atoms with Crippen LogP contribution in [0.4, 0.5) is 0 Å². The van der Waals surface area contributed by atoms with Crippen LogP contribution in [0.2, 0.25) is 0 Å². The molecule has 0 amide bonds. The van der Waals surface area contributed by atoms with Crippen molar-refractivity contribution in [3.05, 3.63) is 35.4 Å². The van der Waals surface area contributed by atoms with Gasteiger partial charge in [0.1, 0.15) is 6.04 Å². The molecule has 0 bridgehead atoms. The van der Waals surface area contributed by atoms with Crippen LogP contribution >= 0.6 is 0 Å². The van der Waals surface area contributed by atoms with Gasteiger partial charge in [0.25, 0.3) is 0 Å². The van der Waals surface area contributed by atoms with E-state index in [2.05, 4.69) is 29.2 Å². The monoisotopic (exact) mass is 259 g/mol. The molecule has 2 fully saturated rings. The first-order valence-electron chi connectivity index (χ1n) is 7.30. The maximum Gasteiger partial charge on any atom is 0.320 e. The number of nitrogens with zero attached hydrogens (tertiary/aromatic N) is 1. The van der Waals surface area contributed by atoms with Crippen LogP contribution in [-0.4, -0.2) is 28.6 Å². The maximum absolute atomic E-state index is 11.3. The van der Waals surface area contributed by atoms with E-state index in [1.807, 2.05) is 0 Å². The smallest absolute Gasteiger partial charge is 0.320 e. The summed E-state index contributed by atoms with van der Waals surface area (Å²) in [6.45, 7) is 1.68. The van der Waals surface area contributed by atoms with Crippen molar-refractivity contribution in [2.24, 2.45) is 0 Å². The molecule has 1 aliphatic carbocycles. The van der Waals surface area contributed by atoms with E-state index in [0.717, 1.165) is 38.3 Å². The third-order valence-corrected chi connectivity index (χ3v) is 4.28. The molecule has 1 atom stereocenters. The molecule has 0 radical (unpaired) electrons. The van der Waals surface area contributed by atoms with Crippen molar-refractivity contribution in [1.29, 1.82) is 0 Å².